The zero-order chi connectivity index (χ0) is 42.8. The third kappa shape index (κ3) is 40.2. The highest BCUT2D eigenvalue weighted by molar-refractivity contribution is 7.47. The fourth-order valence-electron chi connectivity index (χ4n) is 6.02. The van der Waals surface area contributed by atoms with Crippen molar-refractivity contribution in [3.8, 4) is 0 Å². The van der Waals surface area contributed by atoms with Crippen LogP contribution >= 0.6 is 7.82 Å². The van der Waals surface area contributed by atoms with Gasteiger partial charge < -0.3 is 25.2 Å². The Hall–Kier alpha value is -2.56. The quantitative estimate of drug-likeness (QED) is 0.0231. The second kappa shape index (κ2) is 41.2. The van der Waals surface area contributed by atoms with E-state index in [4.69, 9.17) is 24.8 Å². The van der Waals surface area contributed by atoms with E-state index < -0.39 is 51.1 Å². The van der Waals surface area contributed by atoms with Gasteiger partial charge in [-0.3, -0.25) is 23.4 Å². The first-order valence-electron chi connectivity index (χ1n) is 22.7. The fourth-order valence-corrected chi connectivity index (χ4v) is 6.79. The Balaban J connectivity index is 4.33. The molecule has 0 aromatic heterocycles. The Morgan fingerprint density at radius 2 is 0.966 bits per heavy atom. The van der Waals surface area contributed by atoms with Crippen LogP contribution in [0.1, 0.15) is 194 Å². The van der Waals surface area contributed by atoms with Crippen LogP contribution in [-0.4, -0.2) is 59.9 Å². The lowest BCUT2D eigenvalue weighted by atomic mass is 10.1. The number of phosphoric acid groups is 1. The van der Waals surface area contributed by atoms with E-state index >= 15 is 0 Å². The first-order valence-corrected chi connectivity index (χ1v) is 24.2. The number of phosphoric ester groups is 1. The maximum atomic E-state index is 12.6. The zero-order valence-electron chi connectivity index (χ0n) is 36.4. The van der Waals surface area contributed by atoms with Crippen molar-refractivity contribution in [2.75, 3.05) is 19.8 Å². The molecule has 0 bridgehead atoms. The van der Waals surface area contributed by atoms with E-state index in [0.717, 1.165) is 70.6 Å². The standard InChI is InChI=1S/C46H82NO10P/c1-3-5-7-9-11-13-15-17-19-20-21-22-24-25-27-29-31-33-35-37-44(48)54-39-42(40-55-58(52,53)56-41-43(47)46(50)51)57-45(49)38-36-34-32-30-28-26-23-18-16-14-12-10-8-6-4-2/h6,8,12,14,17-19,23,42-43H,3-5,7,9-11,13,15-16,20-22,24-41,47H2,1-2H3,(H,50,51)(H,52,53)/b8-6-,14-12-,19-17-,23-18-/t42-,43+/m1/s1. The monoisotopic (exact) mass is 840 g/mol. The van der Waals surface area contributed by atoms with Gasteiger partial charge in [0.15, 0.2) is 6.10 Å². The molecular formula is C46H82NO10P. The minimum Gasteiger partial charge on any atom is -0.480 e. The molecule has 0 spiro atoms. The molecule has 1 unspecified atom stereocenters. The van der Waals surface area contributed by atoms with Crippen LogP contribution in [0.25, 0.3) is 0 Å². The lowest BCUT2D eigenvalue weighted by Crippen LogP contribution is -2.34. The molecule has 58 heavy (non-hydrogen) atoms. The minimum atomic E-state index is -4.72. The second-order valence-electron chi connectivity index (χ2n) is 15.1. The molecule has 0 saturated carbocycles. The molecular weight excluding hydrogens is 757 g/mol. The molecule has 0 aliphatic carbocycles. The topological polar surface area (TPSA) is 172 Å². The van der Waals surface area contributed by atoms with Crippen LogP contribution in [-0.2, 0) is 37.5 Å². The molecule has 12 heteroatoms. The first-order chi connectivity index (χ1) is 28.1. The summed E-state index contributed by atoms with van der Waals surface area (Å²) in [6, 6.07) is -1.53. The third-order valence-corrected chi connectivity index (χ3v) is 10.5. The number of allylic oxidation sites excluding steroid dienone is 8. The van der Waals surface area contributed by atoms with E-state index in [0.29, 0.717) is 12.8 Å². The number of rotatable bonds is 42. The van der Waals surface area contributed by atoms with Crippen molar-refractivity contribution in [3.05, 3.63) is 48.6 Å². The van der Waals surface area contributed by atoms with Gasteiger partial charge in [0.2, 0.25) is 0 Å². The molecule has 11 nitrogen and oxygen atoms in total. The molecule has 0 saturated heterocycles. The summed E-state index contributed by atoms with van der Waals surface area (Å²) in [4.78, 5) is 46.0. The molecule has 0 rings (SSSR count). The lowest BCUT2D eigenvalue weighted by molar-refractivity contribution is -0.161. The van der Waals surface area contributed by atoms with Crippen molar-refractivity contribution < 1.29 is 47.5 Å². The van der Waals surface area contributed by atoms with Crippen molar-refractivity contribution in [1.29, 1.82) is 0 Å². The second-order valence-corrected chi connectivity index (χ2v) is 16.6. The highest BCUT2D eigenvalue weighted by Crippen LogP contribution is 2.43. The third-order valence-electron chi connectivity index (χ3n) is 9.56. The van der Waals surface area contributed by atoms with Gasteiger partial charge >= 0.3 is 25.7 Å². The maximum Gasteiger partial charge on any atom is 0.472 e. The highest BCUT2D eigenvalue weighted by atomic mass is 31.2. The Labute approximate surface area is 352 Å². The van der Waals surface area contributed by atoms with Crippen molar-refractivity contribution in [2.45, 2.75) is 206 Å². The molecule has 336 valence electrons. The van der Waals surface area contributed by atoms with E-state index in [1.807, 2.05) is 0 Å². The number of aliphatic carboxylic acids is 1. The number of hydrogen-bond acceptors (Lipinski definition) is 9. The van der Waals surface area contributed by atoms with Gasteiger partial charge in [-0.25, -0.2) is 4.57 Å². The predicted molar refractivity (Wildman–Crippen MR) is 235 cm³/mol. The van der Waals surface area contributed by atoms with Crippen molar-refractivity contribution in [2.24, 2.45) is 5.73 Å². The normalized spacial score (nSPS) is 14.1. The van der Waals surface area contributed by atoms with Crippen LogP contribution in [0.3, 0.4) is 0 Å². The Morgan fingerprint density at radius 1 is 0.552 bits per heavy atom. The lowest BCUT2D eigenvalue weighted by Gasteiger charge is -2.20. The number of ether oxygens (including phenoxy) is 2. The number of carboxylic acid groups (broad SMARTS) is 1. The van der Waals surface area contributed by atoms with Crippen LogP contribution in [0.15, 0.2) is 48.6 Å². The molecule has 0 aliphatic rings. The average molecular weight is 840 g/mol. The average Bonchev–Trinajstić information content (AvgIpc) is 3.20. The minimum absolute atomic E-state index is 0.140. The van der Waals surface area contributed by atoms with Gasteiger partial charge in [0.05, 0.1) is 13.2 Å². The molecule has 0 aromatic rings. The summed E-state index contributed by atoms with van der Waals surface area (Å²) in [5.74, 6) is -2.40. The highest BCUT2D eigenvalue weighted by Gasteiger charge is 2.28. The number of unbranched alkanes of at least 4 members (excludes halogenated alkanes) is 20. The Bertz CT molecular complexity index is 1170. The molecule has 0 amide bonds. The maximum absolute atomic E-state index is 12.6. The summed E-state index contributed by atoms with van der Waals surface area (Å²) in [5, 5.41) is 8.89. The van der Waals surface area contributed by atoms with Crippen molar-refractivity contribution in [3.63, 3.8) is 0 Å². The number of hydrogen-bond donors (Lipinski definition) is 3. The van der Waals surface area contributed by atoms with Gasteiger partial charge in [-0.1, -0.05) is 159 Å². The van der Waals surface area contributed by atoms with E-state index in [2.05, 4.69) is 67.0 Å². The number of carbonyl (C=O) groups excluding carboxylic acids is 2. The summed E-state index contributed by atoms with van der Waals surface area (Å²) in [5.41, 5.74) is 5.33. The smallest absolute Gasteiger partial charge is 0.472 e. The summed E-state index contributed by atoms with van der Waals surface area (Å²) in [6.07, 6.45) is 46.0. The van der Waals surface area contributed by atoms with E-state index in [1.165, 1.54) is 83.5 Å². The fraction of sp³-hybridized carbons (Fsp3) is 0.761. The number of nitrogens with two attached hydrogens (primary N) is 1. The van der Waals surface area contributed by atoms with Gasteiger partial charge in [0, 0.05) is 12.8 Å². The Morgan fingerprint density at radius 3 is 1.47 bits per heavy atom. The van der Waals surface area contributed by atoms with Crippen molar-refractivity contribution in [1.82, 2.24) is 0 Å². The van der Waals surface area contributed by atoms with E-state index in [-0.39, 0.29) is 19.4 Å². The molecule has 0 aromatic carbocycles. The van der Waals surface area contributed by atoms with Gasteiger partial charge in [0.1, 0.15) is 12.6 Å². The Kier molecular flexibility index (Phi) is 39.4. The van der Waals surface area contributed by atoms with Crippen LogP contribution in [0, 0.1) is 0 Å². The van der Waals surface area contributed by atoms with Gasteiger partial charge in [-0.15, -0.1) is 0 Å². The summed E-state index contributed by atoms with van der Waals surface area (Å²) < 4.78 is 32.7. The first kappa shape index (κ1) is 55.4. The molecule has 0 fully saturated rings. The number of carboxylic acids is 1. The SMILES string of the molecule is CC/C=C\C/C=C\C/C=C\CCCCCCCC(=O)O[C@H](COC(=O)CCCCCCCCCCC/C=C\CCCCCCCC)COP(=O)(O)OC[C@H](N)C(=O)O. The summed E-state index contributed by atoms with van der Waals surface area (Å²) in [7, 11) is -4.72. The summed E-state index contributed by atoms with van der Waals surface area (Å²) in [6.45, 7) is 2.67. The van der Waals surface area contributed by atoms with E-state index in [1.54, 1.807) is 0 Å². The van der Waals surface area contributed by atoms with Crippen LogP contribution in [0.2, 0.25) is 0 Å². The number of esters is 2. The van der Waals surface area contributed by atoms with Gasteiger partial charge in [-0.2, -0.15) is 0 Å². The molecule has 4 N–H and O–H groups in total. The van der Waals surface area contributed by atoms with Crippen LogP contribution < -0.4 is 5.73 Å². The zero-order valence-corrected chi connectivity index (χ0v) is 37.3. The van der Waals surface area contributed by atoms with Crippen molar-refractivity contribution >= 4 is 25.7 Å². The number of carbonyl (C=O) groups is 3. The van der Waals surface area contributed by atoms with Crippen LogP contribution in [0.5, 0.6) is 0 Å². The molecule has 0 aliphatic heterocycles. The molecule has 3 atom stereocenters. The van der Waals surface area contributed by atoms with Gasteiger partial charge in [-0.05, 0) is 70.6 Å². The molecule has 0 heterocycles. The summed E-state index contributed by atoms with van der Waals surface area (Å²) >= 11 is 0. The molecule has 0 radical (unpaired) electrons. The largest absolute Gasteiger partial charge is 0.480 e. The van der Waals surface area contributed by atoms with E-state index in [9.17, 15) is 23.8 Å². The van der Waals surface area contributed by atoms with Crippen LogP contribution in [0.4, 0.5) is 0 Å². The van der Waals surface area contributed by atoms with Gasteiger partial charge in [0.25, 0.3) is 0 Å². The predicted octanol–water partition coefficient (Wildman–Crippen LogP) is 12.2.